The maximum atomic E-state index is 9.77. The van der Waals surface area contributed by atoms with Gasteiger partial charge in [-0.15, -0.1) is 0 Å². The molecule has 0 radical (unpaired) electrons. The van der Waals surface area contributed by atoms with Gasteiger partial charge in [0.15, 0.2) is 7.37 Å². The summed E-state index contributed by atoms with van der Waals surface area (Å²) in [7, 11) is -2.64. The molecule has 0 aliphatic heterocycles. The Bertz CT molecular complexity index is 64.2. The SMILES string of the molecule is CP(C)(=O)O.[H-].[H-].[Mg+2]. The molecule has 0 amide bonds. The van der Waals surface area contributed by atoms with E-state index in [1.165, 1.54) is 13.3 Å². The van der Waals surface area contributed by atoms with Crippen LogP contribution < -0.4 is 0 Å². The van der Waals surface area contributed by atoms with Gasteiger partial charge in [0, 0.05) is 13.3 Å². The minimum absolute atomic E-state index is 0. The smallest absolute Gasteiger partial charge is 1.00 e. The zero-order chi connectivity index (χ0) is 4.50. The quantitative estimate of drug-likeness (QED) is 0.370. The summed E-state index contributed by atoms with van der Waals surface area (Å²) in [6.07, 6.45) is 0. The molecule has 4 heteroatoms. The van der Waals surface area contributed by atoms with Crippen LogP contribution in [0.25, 0.3) is 0 Å². The molecule has 0 saturated heterocycles. The second kappa shape index (κ2) is 3.02. The van der Waals surface area contributed by atoms with E-state index < -0.39 is 7.37 Å². The van der Waals surface area contributed by atoms with Crippen LogP contribution in [0.15, 0.2) is 0 Å². The molecular weight excluding hydrogens is 111 g/mol. The molecule has 0 saturated carbocycles. The van der Waals surface area contributed by atoms with Crippen molar-refractivity contribution < 1.29 is 12.3 Å². The summed E-state index contributed by atoms with van der Waals surface area (Å²) in [5.41, 5.74) is 0. The van der Waals surface area contributed by atoms with Crippen LogP contribution in [0.3, 0.4) is 0 Å². The van der Waals surface area contributed by atoms with Gasteiger partial charge < -0.3 is 7.75 Å². The van der Waals surface area contributed by atoms with Gasteiger partial charge in [0.05, 0.1) is 0 Å². The summed E-state index contributed by atoms with van der Waals surface area (Å²) in [4.78, 5) is 8.08. The van der Waals surface area contributed by atoms with Crippen LogP contribution in [-0.2, 0) is 4.57 Å². The van der Waals surface area contributed by atoms with Crippen LogP contribution in [0, 0.1) is 0 Å². The third-order valence-electron chi connectivity index (χ3n) is 0. The van der Waals surface area contributed by atoms with Gasteiger partial charge in [-0.1, -0.05) is 0 Å². The monoisotopic (exact) mass is 120 g/mol. The van der Waals surface area contributed by atoms with Crippen LogP contribution in [0.2, 0.25) is 0 Å². The predicted molar refractivity (Wildman–Crippen MR) is 29.7 cm³/mol. The van der Waals surface area contributed by atoms with Gasteiger partial charge in [-0.3, -0.25) is 4.57 Å². The third kappa shape index (κ3) is 84.8. The van der Waals surface area contributed by atoms with Gasteiger partial charge in [0.25, 0.3) is 0 Å². The summed E-state index contributed by atoms with van der Waals surface area (Å²) in [5, 5.41) is 0. The fourth-order valence-corrected chi connectivity index (χ4v) is 0. The molecule has 0 aromatic rings. The molecule has 2 nitrogen and oxygen atoms in total. The molecular formula is C2H9MgO2P. The Morgan fingerprint density at radius 3 is 1.67 bits per heavy atom. The first-order chi connectivity index (χ1) is 2.00. The first-order valence-corrected chi connectivity index (χ1v) is 3.83. The van der Waals surface area contributed by atoms with E-state index in [4.69, 9.17) is 4.89 Å². The largest absolute Gasteiger partial charge is 2.00 e. The van der Waals surface area contributed by atoms with Gasteiger partial charge in [-0.05, 0) is 0 Å². The molecule has 0 fully saturated rings. The van der Waals surface area contributed by atoms with Gasteiger partial charge in [0.1, 0.15) is 0 Å². The summed E-state index contributed by atoms with van der Waals surface area (Å²) in [6, 6.07) is 0. The number of hydrogen-bond acceptors (Lipinski definition) is 1. The topological polar surface area (TPSA) is 37.3 Å². The minimum atomic E-state index is -2.64. The molecule has 0 aromatic carbocycles. The average molecular weight is 120 g/mol. The molecule has 0 spiro atoms. The maximum Gasteiger partial charge on any atom is 2.00 e. The fraction of sp³-hybridized carbons (Fsp3) is 1.00. The van der Waals surface area contributed by atoms with Crippen LogP contribution in [0.1, 0.15) is 2.85 Å². The Balaban J connectivity index is -0.0000000267. The van der Waals surface area contributed by atoms with E-state index in [0.29, 0.717) is 0 Å². The molecule has 0 unspecified atom stereocenters. The summed E-state index contributed by atoms with van der Waals surface area (Å²) in [6.45, 7) is 2.60. The fourth-order valence-electron chi connectivity index (χ4n) is 0. The second-order valence-electron chi connectivity index (χ2n) is 1.29. The molecule has 0 rings (SSSR count). The minimum Gasteiger partial charge on any atom is -1.00 e. The molecule has 0 aromatic heterocycles. The van der Waals surface area contributed by atoms with Crippen LogP contribution in [0.5, 0.6) is 0 Å². The van der Waals surface area contributed by atoms with E-state index in [2.05, 4.69) is 0 Å². The molecule has 0 aliphatic rings. The molecule has 6 heavy (non-hydrogen) atoms. The normalized spacial score (nSPS) is 9.83. The molecule has 36 valence electrons. The third-order valence-corrected chi connectivity index (χ3v) is 0. The summed E-state index contributed by atoms with van der Waals surface area (Å²) in [5.74, 6) is 0. The zero-order valence-electron chi connectivity index (χ0n) is 6.01. The van der Waals surface area contributed by atoms with Crippen molar-refractivity contribution in [1.29, 1.82) is 0 Å². The van der Waals surface area contributed by atoms with Crippen molar-refractivity contribution in [2.45, 2.75) is 0 Å². The maximum absolute atomic E-state index is 9.77. The Kier molecular flexibility index (Phi) is 5.06. The van der Waals surface area contributed by atoms with Crippen LogP contribution >= 0.6 is 7.37 Å². The van der Waals surface area contributed by atoms with Gasteiger partial charge in [-0.2, -0.15) is 0 Å². The van der Waals surface area contributed by atoms with Crippen molar-refractivity contribution in [3.63, 3.8) is 0 Å². The van der Waals surface area contributed by atoms with Gasteiger partial charge in [0.2, 0.25) is 0 Å². The van der Waals surface area contributed by atoms with Crippen LogP contribution in [0.4, 0.5) is 0 Å². The summed E-state index contributed by atoms with van der Waals surface area (Å²) < 4.78 is 9.77. The standard InChI is InChI=1S/C2H7O2P.Mg.2H/c1-5(2,3)4;;;/h1-2H3,(H,3,4);;;/q;+2;2*-1. The number of hydrogen-bond donors (Lipinski definition) is 1. The van der Waals surface area contributed by atoms with Crippen molar-refractivity contribution in [2.24, 2.45) is 0 Å². The van der Waals surface area contributed by atoms with Crippen molar-refractivity contribution in [2.75, 3.05) is 13.3 Å². The number of rotatable bonds is 0. The van der Waals surface area contributed by atoms with Crippen molar-refractivity contribution >= 4 is 30.4 Å². The molecule has 1 N–H and O–H groups in total. The van der Waals surface area contributed by atoms with E-state index in [9.17, 15) is 4.57 Å². The average Bonchev–Trinajstić information content (AvgIpc) is 0.722. The Labute approximate surface area is 56.5 Å². The first-order valence-electron chi connectivity index (χ1n) is 1.28. The van der Waals surface area contributed by atoms with E-state index in [1.54, 1.807) is 0 Å². The summed E-state index contributed by atoms with van der Waals surface area (Å²) >= 11 is 0. The van der Waals surface area contributed by atoms with Crippen LogP contribution in [-0.4, -0.2) is 41.3 Å². The van der Waals surface area contributed by atoms with Crippen molar-refractivity contribution in [3.05, 3.63) is 0 Å². The van der Waals surface area contributed by atoms with E-state index >= 15 is 0 Å². The Morgan fingerprint density at radius 2 is 1.67 bits per heavy atom. The van der Waals surface area contributed by atoms with E-state index in [1.807, 2.05) is 0 Å². The van der Waals surface area contributed by atoms with E-state index in [-0.39, 0.29) is 25.9 Å². The van der Waals surface area contributed by atoms with Gasteiger partial charge in [-0.25, -0.2) is 0 Å². The Hall–Kier alpha value is 0.956. The second-order valence-corrected chi connectivity index (χ2v) is 3.88. The molecule has 0 aliphatic carbocycles. The first kappa shape index (κ1) is 10.0. The Morgan fingerprint density at radius 1 is 1.67 bits per heavy atom. The molecule has 0 heterocycles. The van der Waals surface area contributed by atoms with E-state index in [0.717, 1.165) is 0 Å². The predicted octanol–water partition coefficient (Wildman–Crippen LogP) is 0.361. The van der Waals surface area contributed by atoms with Crippen molar-refractivity contribution in [3.8, 4) is 0 Å². The molecule has 0 bridgehead atoms. The van der Waals surface area contributed by atoms with Crippen molar-refractivity contribution in [1.82, 2.24) is 0 Å². The zero-order valence-corrected chi connectivity index (χ0v) is 6.32. The molecule has 0 atom stereocenters. The van der Waals surface area contributed by atoms with Gasteiger partial charge >= 0.3 is 23.1 Å².